The predicted molar refractivity (Wildman–Crippen MR) is 103 cm³/mol. The smallest absolute Gasteiger partial charge is 0.317 e. The van der Waals surface area contributed by atoms with Crippen molar-refractivity contribution in [2.45, 2.75) is 117 Å². The first-order valence-corrected chi connectivity index (χ1v) is 10.9. The lowest BCUT2D eigenvalue weighted by atomic mass is 9.95. The minimum absolute atomic E-state index is 0.155. The van der Waals surface area contributed by atoms with E-state index in [1.54, 1.807) is 0 Å². The summed E-state index contributed by atoms with van der Waals surface area (Å²) >= 11 is 0. The van der Waals surface area contributed by atoms with Gasteiger partial charge in [0.15, 0.2) is 0 Å². The Morgan fingerprint density at radius 1 is 0.800 bits per heavy atom. The SMILES string of the molecule is CCC(CC)CCCCCCCCCCCCCC1CC(=O)OC1=O. The molecule has 0 aromatic heterocycles. The summed E-state index contributed by atoms with van der Waals surface area (Å²) in [7, 11) is 0. The van der Waals surface area contributed by atoms with Gasteiger partial charge in [-0.05, 0) is 12.3 Å². The number of carbonyl (C=O) groups excluding carboxylic acids is 2. The summed E-state index contributed by atoms with van der Waals surface area (Å²) in [6, 6.07) is 0. The first-order valence-electron chi connectivity index (χ1n) is 10.9. The third-order valence-electron chi connectivity index (χ3n) is 5.78. The molecule has 0 radical (unpaired) electrons. The summed E-state index contributed by atoms with van der Waals surface area (Å²) in [4.78, 5) is 22.3. The summed E-state index contributed by atoms with van der Waals surface area (Å²) in [5.74, 6) is 0.160. The normalized spacial score (nSPS) is 17.5. The van der Waals surface area contributed by atoms with Gasteiger partial charge >= 0.3 is 11.9 Å². The monoisotopic (exact) mass is 352 g/mol. The van der Waals surface area contributed by atoms with Crippen molar-refractivity contribution in [3.63, 3.8) is 0 Å². The molecule has 1 aliphatic heterocycles. The van der Waals surface area contributed by atoms with Crippen LogP contribution in [0.4, 0.5) is 0 Å². The van der Waals surface area contributed by atoms with Crippen LogP contribution in [0.1, 0.15) is 117 Å². The second-order valence-corrected chi connectivity index (χ2v) is 7.84. The van der Waals surface area contributed by atoms with Gasteiger partial charge in [0.1, 0.15) is 0 Å². The van der Waals surface area contributed by atoms with Gasteiger partial charge in [0, 0.05) is 0 Å². The molecule has 25 heavy (non-hydrogen) atoms. The van der Waals surface area contributed by atoms with Crippen molar-refractivity contribution in [2.24, 2.45) is 11.8 Å². The van der Waals surface area contributed by atoms with Crippen LogP contribution in [0.15, 0.2) is 0 Å². The van der Waals surface area contributed by atoms with Crippen molar-refractivity contribution in [1.29, 1.82) is 0 Å². The molecule has 0 saturated carbocycles. The molecular formula is C22H40O3. The van der Waals surface area contributed by atoms with Crippen molar-refractivity contribution in [1.82, 2.24) is 0 Å². The highest BCUT2D eigenvalue weighted by Gasteiger charge is 2.32. The second-order valence-electron chi connectivity index (χ2n) is 7.84. The molecule has 1 unspecified atom stereocenters. The van der Waals surface area contributed by atoms with Crippen LogP contribution in [0, 0.1) is 11.8 Å². The second kappa shape index (κ2) is 14.3. The molecule has 1 saturated heterocycles. The van der Waals surface area contributed by atoms with Crippen molar-refractivity contribution in [3.8, 4) is 0 Å². The zero-order chi connectivity index (χ0) is 18.3. The van der Waals surface area contributed by atoms with Crippen molar-refractivity contribution in [2.75, 3.05) is 0 Å². The number of cyclic esters (lactones) is 2. The number of ether oxygens (including phenoxy) is 1. The Morgan fingerprint density at radius 2 is 1.28 bits per heavy atom. The van der Waals surface area contributed by atoms with Crippen LogP contribution in [0.25, 0.3) is 0 Å². The first kappa shape index (κ1) is 22.2. The maximum absolute atomic E-state index is 11.3. The van der Waals surface area contributed by atoms with Crippen molar-refractivity contribution >= 4 is 11.9 Å². The average Bonchev–Trinajstić information content (AvgIpc) is 2.93. The van der Waals surface area contributed by atoms with Gasteiger partial charge < -0.3 is 4.74 Å². The van der Waals surface area contributed by atoms with Gasteiger partial charge in [-0.2, -0.15) is 0 Å². The van der Waals surface area contributed by atoms with E-state index in [0.29, 0.717) is 6.42 Å². The van der Waals surface area contributed by atoms with Gasteiger partial charge in [-0.25, -0.2) is 0 Å². The highest BCUT2D eigenvalue weighted by Crippen LogP contribution is 2.23. The Balaban J connectivity index is 1.77. The molecule has 0 bridgehead atoms. The first-order chi connectivity index (χ1) is 12.2. The molecule has 0 spiro atoms. The average molecular weight is 353 g/mol. The summed E-state index contributed by atoms with van der Waals surface area (Å²) in [6.45, 7) is 4.63. The Bertz CT molecular complexity index is 360. The van der Waals surface area contributed by atoms with Gasteiger partial charge in [-0.3, -0.25) is 9.59 Å². The van der Waals surface area contributed by atoms with Gasteiger partial charge in [-0.15, -0.1) is 0 Å². The van der Waals surface area contributed by atoms with Gasteiger partial charge in [0.05, 0.1) is 12.3 Å². The number of hydrogen-bond acceptors (Lipinski definition) is 3. The number of carbonyl (C=O) groups is 2. The molecule has 146 valence electrons. The van der Waals surface area contributed by atoms with E-state index >= 15 is 0 Å². The van der Waals surface area contributed by atoms with Gasteiger partial charge in [0.25, 0.3) is 0 Å². The van der Waals surface area contributed by atoms with Crippen LogP contribution in [0.5, 0.6) is 0 Å². The molecule has 1 rings (SSSR count). The largest absolute Gasteiger partial charge is 0.393 e. The fourth-order valence-corrected chi connectivity index (χ4v) is 3.85. The van der Waals surface area contributed by atoms with Crippen LogP contribution < -0.4 is 0 Å². The Hall–Kier alpha value is -0.860. The molecule has 0 N–H and O–H groups in total. The molecule has 0 aromatic carbocycles. The molecule has 3 nitrogen and oxygen atoms in total. The van der Waals surface area contributed by atoms with Gasteiger partial charge in [-0.1, -0.05) is 104 Å². The summed E-state index contributed by atoms with van der Waals surface area (Å²) < 4.78 is 4.58. The molecule has 1 fully saturated rings. The van der Waals surface area contributed by atoms with Crippen LogP contribution >= 0.6 is 0 Å². The highest BCUT2D eigenvalue weighted by atomic mass is 16.6. The lowest BCUT2D eigenvalue weighted by Crippen LogP contribution is -2.06. The standard InChI is InChI=1S/C22H40O3/c1-3-19(4-2)16-14-12-10-8-6-5-7-9-11-13-15-17-20-18-21(23)25-22(20)24/h19-20H,3-18H2,1-2H3. The fourth-order valence-electron chi connectivity index (χ4n) is 3.85. The summed E-state index contributed by atoms with van der Waals surface area (Å²) in [6.07, 6.45) is 19.8. The fraction of sp³-hybridized carbons (Fsp3) is 0.909. The topological polar surface area (TPSA) is 43.4 Å². The van der Waals surface area contributed by atoms with E-state index in [-0.39, 0.29) is 17.9 Å². The Morgan fingerprint density at radius 3 is 1.72 bits per heavy atom. The lowest BCUT2D eigenvalue weighted by molar-refractivity contribution is -0.153. The molecular weight excluding hydrogens is 312 g/mol. The van der Waals surface area contributed by atoms with E-state index in [0.717, 1.165) is 18.8 Å². The zero-order valence-electron chi connectivity index (χ0n) is 16.7. The summed E-state index contributed by atoms with van der Waals surface area (Å²) in [5, 5.41) is 0. The zero-order valence-corrected chi connectivity index (χ0v) is 16.7. The quantitative estimate of drug-likeness (QED) is 0.179. The highest BCUT2D eigenvalue weighted by molar-refractivity contribution is 5.94. The van der Waals surface area contributed by atoms with Crippen LogP contribution in [-0.4, -0.2) is 11.9 Å². The molecule has 0 aliphatic carbocycles. The summed E-state index contributed by atoms with van der Waals surface area (Å²) in [5.41, 5.74) is 0. The minimum Gasteiger partial charge on any atom is -0.393 e. The maximum Gasteiger partial charge on any atom is 0.317 e. The van der Waals surface area contributed by atoms with Gasteiger partial charge in [0.2, 0.25) is 0 Å². The van der Waals surface area contributed by atoms with E-state index in [9.17, 15) is 9.59 Å². The third kappa shape index (κ3) is 10.7. The molecule has 0 aromatic rings. The van der Waals surface area contributed by atoms with Crippen molar-refractivity contribution in [3.05, 3.63) is 0 Å². The Labute approximate surface area is 155 Å². The minimum atomic E-state index is -0.342. The van der Waals surface area contributed by atoms with Crippen LogP contribution in [0.3, 0.4) is 0 Å². The number of unbranched alkanes of at least 4 members (excludes halogenated alkanes) is 10. The molecule has 3 heteroatoms. The van der Waals surface area contributed by atoms with Crippen molar-refractivity contribution < 1.29 is 14.3 Å². The van der Waals surface area contributed by atoms with E-state index in [1.807, 2.05) is 0 Å². The van der Waals surface area contributed by atoms with Crippen LogP contribution in [-0.2, 0) is 14.3 Å². The molecule has 1 aliphatic rings. The van der Waals surface area contributed by atoms with E-state index in [4.69, 9.17) is 0 Å². The maximum atomic E-state index is 11.3. The van der Waals surface area contributed by atoms with Crippen LogP contribution in [0.2, 0.25) is 0 Å². The number of rotatable bonds is 16. The third-order valence-corrected chi connectivity index (χ3v) is 5.78. The number of hydrogen-bond donors (Lipinski definition) is 0. The predicted octanol–water partition coefficient (Wildman–Crippen LogP) is 6.58. The number of esters is 2. The van der Waals surface area contributed by atoms with E-state index < -0.39 is 0 Å². The molecule has 0 amide bonds. The molecule has 1 heterocycles. The lowest BCUT2D eigenvalue weighted by Gasteiger charge is -2.11. The Kier molecular flexibility index (Phi) is 12.7. The molecule has 1 atom stereocenters. The van der Waals surface area contributed by atoms with E-state index in [1.165, 1.54) is 83.5 Å². The van der Waals surface area contributed by atoms with E-state index in [2.05, 4.69) is 18.6 Å².